The lowest BCUT2D eigenvalue weighted by molar-refractivity contribution is -0.140. The van der Waals surface area contributed by atoms with Crippen LogP contribution in [-0.2, 0) is 14.3 Å². The smallest absolute Gasteiger partial charge is 0.295 e. The molecule has 1 amide bonds. The predicted octanol–water partition coefficient (Wildman–Crippen LogP) is 4.06. The number of aryl methyl sites for hydroxylation is 1. The van der Waals surface area contributed by atoms with Crippen LogP contribution in [0.5, 0.6) is 0 Å². The van der Waals surface area contributed by atoms with Gasteiger partial charge >= 0.3 is 0 Å². The quantitative estimate of drug-likeness (QED) is 0.218. The number of amides is 1. The van der Waals surface area contributed by atoms with Crippen molar-refractivity contribution in [2.24, 2.45) is 0 Å². The number of ketones is 1. The van der Waals surface area contributed by atoms with Crippen molar-refractivity contribution in [1.29, 1.82) is 0 Å². The molecule has 28 heavy (non-hydrogen) atoms. The topological polar surface area (TPSA) is 66.8 Å². The van der Waals surface area contributed by atoms with Crippen LogP contribution in [0.1, 0.15) is 29.2 Å². The van der Waals surface area contributed by atoms with E-state index in [1.54, 1.807) is 19.2 Å². The number of hydrogen-bond acceptors (Lipinski definition) is 4. The maximum absolute atomic E-state index is 12.8. The second-order valence-corrected chi connectivity index (χ2v) is 8.00. The highest BCUT2D eigenvalue weighted by molar-refractivity contribution is 14.1. The van der Waals surface area contributed by atoms with Crippen molar-refractivity contribution in [2.45, 2.75) is 19.4 Å². The minimum Gasteiger partial charge on any atom is -0.507 e. The molecule has 3 rings (SSSR count). The van der Waals surface area contributed by atoms with E-state index >= 15 is 0 Å². The van der Waals surface area contributed by atoms with E-state index in [1.165, 1.54) is 4.90 Å². The van der Waals surface area contributed by atoms with Gasteiger partial charge in [-0.15, -0.1) is 0 Å². The van der Waals surface area contributed by atoms with E-state index in [9.17, 15) is 14.7 Å². The number of Topliss-reactive ketones (excluding diaryl/α,β-unsaturated/α-hetero) is 1. The van der Waals surface area contributed by atoms with Gasteiger partial charge in [-0.1, -0.05) is 42.0 Å². The molecule has 1 N–H and O–H groups in total. The van der Waals surface area contributed by atoms with Crippen molar-refractivity contribution >= 4 is 40.0 Å². The molecular weight excluding hydrogens is 469 g/mol. The zero-order valence-electron chi connectivity index (χ0n) is 15.8. The van der Waals surface area contributed by atoms with Gasteiger partial charge in [0.15, 0.2) is 0 Å². The second kappa shape index (κ2) is 8.87. The lowest BCUT2D eigenvalue weighted by Gasteiger charge is -2.25. The molecule has 1 atom stereocenters. The van der Waals surface area contributed by atoms with E-state index in [0.29, 0.717) is 25.1 Å². The first-order chi connectivity index (χ1) is 13.4. The first-order valence-electron chi connectivity index (χ1n) is 9.04. The average Bonchev–Trinajstić information content (AvgIpc) is 2.94. The van der Waals surface area contributed by atoms with Crippen LogP contribution in [0.15, 0.2) is 54.1 Å². The van der Waals surface area contributed by atoms with Gasteiger partial charge in [0.05, 0.1) is 11.6 Å². The van der Waals surface area contributed by atoms with Crippen molar-refractivity contribution in [2.75, 3.05) is 20.3 Å². The number of methoxy groups -OCH3 is 1. The molecule has 0 aliphatic carbocycles. The summed E-state index contributed by atoms with van der Waals surface area (Å²) in [6.07, 6.45) is 0.606. The molecule has 1 saturated heterocycles. The largest absolute Gasteiger partial charge is 0.507 e. The molecule has 0 radical (unpaired) electrons. The van der Waals surface area contributed by atoms with Gasteiger partial charge in [-0.05, 0) is 53.6 Å². The zero-order chi connectivity index (χ0) is 20.3. The highest BCUT2D eigenvalue weighted by atomic mass is 127. The highest BCUT2D eigenvalue weighted by Gasteiger charge is 2.45. The van der Waals surface area contributed by atoms with Crippen molar-refractivity contribution in [3.05, 3.63) is 74.4 Å². The molecule has 6 heteroatoms. The van der Waals surface area contributed by atoms with Crippen LogP contribution in [0.25, 0.3) is 5.76 Å². The van der Waals surface area contributed by atoms with Gasteiger partial charge in [0.1, 0.15) is 5.76 Å². The van der Waals surface area contributed by atoms with E-state index in [0.717, 1.165) is 14.7 Å². The summed E-state index contributed by atoms with van der Waals surface area (Å²) in [5, 5.41) is 10.9. The molecule has 146 valence electrons. The van der Waals surface area contributed by atoms with Crippen LogP contribution in [0.4, 0.5) is 0 Å². The molecule has 2 aromatic rings. The molecule has 5 nitrogen and oxygen atoms in total. The monoisotopic (exact) mass is 491 g/mol. The van der Waals surface area contributed by atoms with E-state index in [-0.39, 0.29) is 11.3 Å². The Balaban J connectivity index is 2.10. The van der Waals surface area contributed by atoms with Crippen LogP contribution in [0.3, 0.4) is 0 Å². The van der Waals surface area contributed by atoms with E-state index in [1.807, 2.05) is 43.3 Å². The number of carbonyl (C=O) groups is 2. The Morgan fingerprint density at radius 1 is 1.11 bits per heavy atom. The predicted molar refractivity (Wildman–Crippen MR) is 116 cm³/mol. The van der Waals surface area contributed by atoms with Crippen LogP contribution >= 0.6 is 22.6 Å². The molecule has 1 aliphatic rings. The summed E-state index contributed by atoms with van der Waals surface area (Å²) < 4.78 is 6.14. The highest BCUT2D eigenvalue weighted by Crippen LogP contribution is 2.39. The average molecular weight is 491 g/mol. The molecule has 1 unspecified atom stereocenters. The number of rotatable bonds is 6. The number of hydrogen-bond donors (Lipinski definition) is 1. The summed E-state index contributed by atoms with van der Waals surface area (Å²) in [7, 11) is 1.60. The van der Waals surface area contributed by atoms with Crippen LogP contribution in [0.2, 0.25) is 0 Å². The van der Waals surface area contributed by atoms with Gasteiger partial charge in [-0.25, -0.2) is 0 Å². The lowest BCUT2D eigenvalue weighted by atomic mass is 9.95. The Hall–Kier alpha value is -2.19. The number of likely N-dealkylation sites (tertiary alicyclic amines) is 1. The molecule has 1 aliphatic heterocycles. The van der Waals surface area contributed by atoms with Gasteiger partial charge in [0.2, 0.25) is 0 Å². The second-order valence-electron chi connectivity index (χ2n) is 6.76. The van der Waals surface area contributed by atoms with E-state index in [2.05, 4.69) is 22.6 Å². The van der Waals surface area contributed by atoms with Crippen molar-refractivity contribution in [3.8, 4) is 0 Å². The first kappa shape index (κ1) is 20.5. The van der Waals surface area contributed by atoms with Crippen molar-refractivity contribution in [1.82, 2.24) is 4.90 Å². The summed E-state index contributed by atoms with van der Waals surface area (Å²) >= 11 is 2.21. The Bertz CT molecular complexity index is 903. The molecule has 1 heterocycles. The minimum atomic E-state index is -0.654. The summed E-state index contributed by atoms with van der Waals surface area (Å²) in [6.45, 7) is 2.81. The molecule has 0 spiro atoms. The van der Waals surface area contributed by atoms with Gasteiger partial charge in [-0.2, -0.15) is 0 Å². The van der Waals surface area contributed by atoms with Gasteiger partial charge in [0.25, 0.3) is 11.7 Å². The Kier molecular flexibility index (Phi) is 6.51. The minimum absolute atomic E-state index is 0.132. The summed E-state index contributed by atoms with van der Waals surface area (Å²) in [4.78, 5) is 27.1. The summed E-state index contributed by atoms with van der Waals surface area (Å²) in [6, 6.07) is 14.3. The van der Waals surface area contributed by atoms with E-state index < -0.39 is 17.7 Å². The third-order valence-electron chi connectivity index (χ3n) is 4.80. The van der Waals surface area contributed by atoms with Crippen LogP contribution < -0.4 is 0 Å². The molecule has 2 aromatic carbocycles. The van der Waals surface area contributed by atoms with E-state index in [4.69, 9.17) is 4.74 Å². The lowest BCUT2D eigenvalue weighted by Crippen LogP contribution is -2.31. The number of aliphatic hydroxyl groups excluding tert-OH is 1. The molecule has 0 bridgehead atoms. The molecular formula is C22H22INO4. The molecule has 0 saturated carbocycles. The number of ether oxygens (including phenoxy) is 1. The van der Waals surface area contributed by atoms with Gasteiger partial charge in [-0.3, -0.25) is 9.59 Å². The fourth-order valence-electron chi connectivity index (χ4n) is 3.35. The van der Waals surface area contributed by atoms with Gasteiger partial charge in [0, 0.05) is 29.4 Å². The maximum Gasteiger partial charge on any atom is 0.295 e. The number of aliphatic hydroxyl groups is 1. The number of carbonyl (C=O) groups excluding carboxylic acids is 2. The summed E-state index contributed by atoms with van der Waals surface area (Å²) in [5.41, 5.74) is 2.50. The Labute approximate surface area is 178 Å². The molecule has 1 fully saturated rings. The fraction of sp³-hybridized carbons (Fsp3) is 0.273. The normalized spacial score (nSPS) is 18.7. The zero-order valence-corrected chi connectivity index (χ0v) is 18.0. The number of nitrogens with zero attached hydrogens (tertiary/aromatic N) is 1. The number of benzene rings is 2. The Morgan fingerprint density at radius 2 is 1.75 bits per heavy atom. The third-order valence-corrected chi connectivity index (χ3v) is 5.52. The fourth-order valence-corrected chi connectivity index (χ4v) is 3.71. The SMILES string of the molecule is COCCCN1C(=O)C(=O)C(=C(O)c2ccc(C)cc2)C1c1ccc(I)cc1. The maximum atomic E-state index is 12.8. The van der Waals surface area contributed by atoms with Crippen LogP contribution in [0, 0.1) is 10.5 Å². The Morgan fingerprint density at radius 3 is 2.36 bits per heavy atom. The first-order valence-corrected chi connectivity index (χ1v) is 10.1. The van der Waals surface area contributed by atoms with Gasteiger partial charge < -0.3 is 14.7 Å². The van der Waals surface area contributed by atoms with Crippen LogP contribution in [-0.4, -0.2) is 42.0 Å². The van der Waals surface area contributed by atoms with Crippen molar-refractivity contribution < 1.29 is 19.4 Å². The third kappa shape index (κ3) is 4.12. The standard InChI is InChI=1S/C22H22INO4/c1-14-4-6-16(7-5-14)20(25)18-19(15-8-10-17(23)11-9-15)24(12-3-13-28-2)22(27)21(18)26/h4-11,19,25H,3,12-13H2,1-2H3. The molecule has 0 aromatic heterocycles. The van der Waals surface area contributed by atoms with Crippen molar-refractivity contribution in [3.63, 3.8) is 0 Å². The number of halogens is 1. The summed E-state index contributed by atoms with van der Waals surface area (Å²) in [5.74, 6) is -1.39.